The maximum Gasteiger partial charge on any atom is 0.239 e. The number of hydrogen-bond acceptors (Lipinski definition) is 2. The molecule has 0 bridgehead atoms. The van der Waals surface area contributed by atoms with Crippen molar-refractivity contribution in [1.29, 1.82) is 0 Å². The topological polar surface area (TPSA) is 65.5 Å². The van der Waals surface area contributed by atoms with Crippen molar-refractivity contribution in [2.75, 3.05) is 13.1 Å². The fraction of sp³-hybridized carbons (Fsp3) is 0.263. The van der Waals surface area contributed by atoms with Gasteiger partial charge in [-0.1, -0.05) is 30.3 Å². The van der Waals surface area contributed by atoms with Crippen molar-refractivity contribution >= 4 is 11.9 Å². The largest absolute Gasteiger partial charge is 0.357 e. The van der Waals surface area contributed by atoms with Crippen LogP contribution in [0, 0.1) is 11.6 Å². The van der Waals surface area contributed by atoms with Crippen molar-refractivity contribution in [3.05, 3.63) is 71.3 Å². The summed E-state index contributed by atoms with van der Waals surface area (Å²) in [5, 5.41) is 8.62. The van der Waals surface area contributed by atoms with E-state index in [1.807, 2.05) is 37.3 Å². The van der Waals surface area contributed by atoms with E-state index < -0.39 is 11.6 Å². The summed E-state index contributed by atoms with van der Waals surface area (Å²) in [5.41, 5.74) is 1.15. The molecule has 0 unspecified atom stereocenters. The first-order valence-corrected chi connectivity index (χ1v) is 8.35. The molecule has 1 amide bonds. The molecule has 0 aliphatic carbocycles. The second-order valence-electron chi connectivity index (χ2n) is 5.55. The number of nitrogens with one attached hydrogen (secondary N) is 3. The summed E-state index contributed by atoms with van der Waals surface area (Å²) in [5.74, 6) is -0.885. The van der Waals surface area contributed by atoms with E-state index in [0.717, 1.165) is 23.8 Å². The van der Waals surface area contributed by atoms with E-state index in [2.05, 4.69) is 20.9 Å². The van der Waals surface area contributed by atoms with Crippen molar-refractivity contribution in [2.45, 2.75) is 20.0 Å². The lowest BCUT2D eigenvalue weighted by Gasteiger charge is -2.12. The van der Waals surface area contributed by atoms with Crippen molar-refractivity contribution in [3.8, 4) is 0 Å². The number of aliphatic imine (C=N–C) groups is 1. The van der Waals surface area contributed by atoms with Gasteiger partial charge in [0.15, 0.2) is 5.96 Å². The molecule has 2 aromatic rings. The Bertz CT molecular complexity index is 750. The van der Waals surface area contributed by atoms with Crippen LogP contribution in [0.2, 0.25) is 0 Å². The number of nitrogens with zero attached hydrogens (tertiary/aromatic N) is 1. The number of rotatable bonds is 7. The molecule has 7 heteroatoms. The Balaban J connectivity index is 1.86. The highest BCUT2D eigenvalue weighted by Crippen LogP contribution is 2.10. The van der Waals surface area contributed by atoms with Crippen LogP contribution >= 0.6 is 0 Å². The van der Waals surface area contributed by atoms with Crippen LogP contribution < -0.4 is 16.0 Å². The number of carbonyl (C=O) groups excluding carboxylic acids is 1. The Kier molecular flexibility index (Phi) is 7.54. The van der Waals surface area contributed by atoms with Crippen molar-refractivity contribution in [2.24, 2.45) is 4.99 Å². The Hall–Kier alpha value is -2.96. The van der Waals surface area contributed by atoms with Crippen LogP contribution in [-0.4, -0.2) is 25.0 Å². The molecule has 0 heterocycles. The molecule has 0 atom stereocenters. The Labute approximate surface area is 151 Å². The molecule has 0 aliphatic rings. The molecule has 0 spiro atoms. The van der Waals surface area contributed by atoms with Crippen LogP contribution in [0.5, 0.6) is 0 Å². The van der Waals surface area contributed by atoms with Gasteiger partial charge in [-0.15, -0.1) is 0 Å². The van der Waals surface area contributed by atoms with E-state index in [1.165, 1.54) is 0 Å². The maximum atomic E-state index is 13.6. The number of halogens is 2. The molecule has 138 valence electrons. The predicted octanol–water partition coefficient (Wildman–Crippen LogP) is 2.34. The van der Waals surface area contributed by atoms with Gasteiger partial charge in [0.1, 0.15) is 11.6 Å². The van der Waals surface area contributed by atoms with Gasteiger partial charge in [-0.05, 0) is 30.7 Å². The van der Waals surface area contributed by atoms with Gasteiger partial charge in [-0.2, -0.15) is 0 Å². The minimum Gasteiger partial charge on any atom is -0.357 e. The quantitative estimate of drug-likeness (QED) is 0.525. The normalized spacial score (nSPS) is 11.1. The Morgan fingerprint density at radius 1 is 1.04 bits per heavy atom. The highest BCUT2D eigenvalue weighted by atomic mass is 19.1. The van der Waals surface area contributed by atoms with E-state index in [1.54, 1.807) is 0 Å². The third-order valence-corrected chi connectivity index (χ3v) is 3.51. The van der Waals surface area contributed by atoms with Gasteiger partial charge in [0.25, 0.3) is 0 Å². The number of benzene rings is 2. The Morgan fingerprint density at radius 3 is 2.54 bits per heavy atom. The second-order valence-corrected chi connectivity index (χ2v) is 5.55. The van der Waals surface area contributed by atoms with Crippen LogP contribution in [0.25, 0.3) is 0 Å². The zero-order valence-corrected chi connectivity index (χ0v) is 14.6. The lowest BCUT2D eigenvalue weighted by Crippen LogP contribution is -2.43. The SMILES string of the molecule is CCNC(=NCc1cc(F)ccc1F)NCC(=O)NCc1ccccc1. The van der Waals surface area contributed by atoms with Crippen LogP contribution in [-0.2, 0) is 17.9 Å². The lowest BCUT2D eigenvalue weighted by atomic mass is 10.2. The first-order valence-electron chi connectivity index (χ1n) is 8.35. The van der Waals surface area contributed by atoms with Crippen LogP contribution in [0.1, 0.15) is 18.1 Å². The summed E-state index contributed by atoms with van der Waals surface area (Å²) in [6, 6.07) is 12.8. The number of hydrogen-bond donors (Lipinski definition) is 3. The van der Waals surface area contributed by atoms with E-state index in [4.69, 9.17) is 0 Å². The third kappa shape index (κ3) is 6.51. The molecule has 5 nitrogen and oxygen atoms in total. The highest BCUT2D eigenvalue weighted by molar-refractivity contribution is 5.86. The van der Waals surface area contributed by atoms with Gasteiger partial charge in [0, 0.05) is 18.7 Å². The molecular weight excluding hydrogens is 338 g/mol. The van der Waals surface area contributed by atoms with E-state index in [9.17, 15) is 13.6 Å². The lowest BCUT2D eigenvalue weighted by molar-refractivity contribution is -0.120. The van der Waals surface area contributed by atoms with Gasteiger partial charge < -0.3 is 16.0 Å². The summed E-state index contributed by atoms with van der Waals surface area (Å²) in [6.45, 7) is 2.86. The second kappa shape index (κ2) is 10.1. The molecular formula is C19H22F2N4O. The molecule has 2 aromatic carbocycles. The highest BCUT2D eigenvalue weighted by Gasteiger charge is 2.06. The molecule has 0 radical (unpaired) electrons. The third-order valence-electron chi connectivity index (χ3n) is 3.51. The van der Waals surface area contributed by atoms with Gasteiger partial charge in [0.2, 0.25) is 5.91 Å². The van der Waals surface area contributed by atoms with E-state index in [-0.39, 0.29) is 24.6 Å². The Morgan fingerprint density at radius 2 is 1.81 bits per heavy atom. The fourth-order valence-corrected chi connectivity index (χ4v) is 2.19. The van der Waals surface area contributed by atoms with E-state index in [0.29, 0.717) is 19.0 Å². The van der Waals surface area contributed by atoms with Crippen molar-refractivity contribution < 1.29 is 13.6 Å². The van der Waals surface area contributed by atoms with Crippen LogP contribution in [0.15, 0.2) is 53.5 Å². The average Bonchev–Trinajstić information content (AvgIpc) is 2.65. The van der Waals surface area contributed by atoms with Gasteiger partial charge in [0.05, 0.1) is 13.1 Å². The summed E-state index contributed by atoms with van der Waals surface area (Å²) in [6.07, 6.45) is 0. The minimum atomic E-state index is -0.522. The zero-order chi connectivity index (χ0) is 18.8. The first-order chi connectivity index (χ1) is 12.6. The van der Waals surface area contributed by atoms with Gasteiger partial charge >= 0.3 is 0 Å². The van der Waals surface area contributed by atoms with Crippen molar-refractivity contribution in [3.63, 3.8) is 0 Å². The van der Waals surface area contributed by atoms with E-state index >= 15 is 0 Å². The average molecular weight is 360 g/mol. The summed E-state index contributed by atoms with van der Waals surface area (Å²) in [4.78, 5) is 16.1. The summed E-state index contributed by atoms with van der Waals surface area (Å²) >= 11 is 0. The smallest absolute Gasteiger partial charge is 0.239 e. The zero-order valence-electron chi connectivity index (χ0n) is 14.6. The molecule has 0 aliphatic heterocycles. The van der Waals surface area contributed by atoms with Crippen molar-refractivity contribution in [1.82, 2.24) is 16.0 Å². The molecule has 0 aromatic heterocycles. The summed E-state index contributed by atoms with van der Waals surface area (Å²) in [7, 11) is 0. The molecule has 3 N–H and O–H groups in total. The molecule has 26 heavy (non-hydrogen) atoms. The van der Waals surface area contributed by atoms with Crippen LogP contribution in [0.3, 0.4) is 0 Å². The minimum absolute atomic E-state index is 0.0182. The molecule has 0 saturated heterocycles. The first kappa shape index (κ1) is 19.4. The van der Waals surface area contributed by atoms with Gasteiger partial charge in [-0.25, -0.2) is 13.8 Å². The summed E-state index contributed by atoms with van der Waals surface area (Å²) < 4.78 is 26.8. The van der Waals surface area contributed by atoms with Gasteiger partial charge in [-0.3, -0.25) is 4.79 Å². The number of amides is 1. The molecule has 2 rings (SSSR count). The standard InChI is InChI=1S/C19H22F2N4O/c1-2-22-19(24-12-15-10-16(20)8-9-17(15)21)25-13-18(26)23-11-14-6-4-3-5-7-14/h3-10H,2,11-13H2,1H3,(H,23,26)(H2,22,24,25). The predicted molar refractivity (Wildman–Crippen MR) is 97.5 cm³/mol. The molecule has 0 fully saturated rings. The van der Waals surface area contributed by atoms with Crippen LogP contribution in [0.4, 0.5) is 8.78 Å². The number of carbonyl (C=O) groups is 1. The molecule has 0 saturated carbocycles. The number of guanidine groups is 1. The fourth-order valence-electron chi connectivity index (χ4n) is 2.19. The monoisotopic (exact) mass is 360 g/mol. The maximum absolute atomic E-state index is 13.6.